The molecule has 4 aliphatic heterocycles. The van der Waals surface area contributed by atoms with Crippen LogP contribution in [0, 0.1) is 29.5 Å². The second-order valence-corrected chi connectivity index (χ2v) is 21.5. The average molecular weight is 1030 g/mol. The average Bonchev–Trinajstić information content (AvgIpc) is 4.14. The van der Waals surface area contributed by atoms with Gasteiger partial charge in [0.05, 0.1) is 47.1 Å². The molecule has 0 unspecified atom stereocenters. The van der Waals surface area contributed by atoms with Crippen molar-refractivity contribution in [1.29, 1.82) is 0 Å². The van der Waals surface area contributed by atoms with Gasteiger partial charge in [-0.05, 0) is 86.0 Å². The van der Waals surface area contributed by atoms with E-state index < -0.39 is 113 Å². The molecule has 5 aliphatic rings. The minimum Gasteiger partial charge on any atom is -0.477 e. The van der Waals surface area contributed by atoms with Crippen molar-refractivity contribution in [3.8, 4) is 0 Å². The molecule has 406 valence electrons. The molecule has 2 aromatic rings. The highest BCUT2D eigenvalue weighted by atomic mass is 19.1. The number of halogens is 1. The molecule has 14 atom stereocenters. The van der Waals surface area contributed by atoms with E-state index in [9.17, 15) is 34.2 Å². The number of carbonyl (C=O) groups is 4. The van der Waals surface area contributed by atoms with Crippen molar-refractivity contribution in [1.82, 2.24) is 14.4 Å². The zero-order chi connectivity index (χ0) is 53.4. The van der Waals surface area contributed by atoms with Gasteiger partial charge in [-0.3, -0.25) is 19.3 Å². The van der Waals surface area contributed by atoms with Gasteiger partial charge >= 0.3 is 24.1 Å². The van der Waals surface area contributed by atoms with Gasteiger partial charge in [0.2, 0.25) is 5.43 Å². The molecule has 7 rings (SSSR count). The van der Waals surface area contributed by atoms with Gasteiger partial charge in [0.1, 0.15) is 36.8 Å². The van der Waals surface area contributed by atoms with Crippen molar-refractivity contribution >= 4 is 46.4 Å². The van der Waals surface area contributed by atoms with Crippen LogP contribution in [0.4, 0.5) is 14.9 Å². The van der Waals surface area contributed by atoms with Gasteiger partial charge in [-0.15, -0.1) is 0 Å². The number of piperazine rings is 1. The molecule has 0 amide bonds. The summed E-state index contributed by atoms with van der Waals surface area (Å²) in [6.07, 6.45) is -3.80. The zero-order valence-corrected chi connectivity index (χ0v) is 44.3. The van der Waals surface area contributed by atoms with Crippen molar-refractivity contribution in [2.24, 2.45) is 28.8 Å². The van der Waals surface area contributed by atoms with Crippen LogP contribution in [0.5, 0.6) is 0 Å². The number of ether oxygens (including phenoxy) is 7. The Hall–Kier alpha value is -4.93. The third kappa shape index (κ3) is 11.5. The van der Waals surface area contributed by atoms with Gasteiger partial charge in [0.15, 0.2) is 18.0 Å². The number of hydrogen-bond acceptors (Lipinski definition) is 18. The molecule has 0 bridgehead atoms. The number of anilines is 1. The second-order valence-electron chi connectivity index (χ2n) is 21.5. The molecule has 1 aliphatic carbocycles. The molecule has 21 heteroatoms. The number of esters is 2. The van der Waals surface area contributed by atoms with Gasteiger partial charge in [-0.25, -0.2) is 14.0 Å². The van der Waals surface area contributed by atoms with Crippen molar-refractivity contribution in [2.45, 2.75) is 160 Å². The number of oxime groups is 1. The van der Waals surface area contributed by atoms with Crippen molar-refractivity contribution in [3.63, 3.8) is 0 Å². The highest BCUT2D eigenvalue weighted by Gasteiger charge is 2.59. The molecular formula is C52H76FN5O15. The van der Waals surface area contributed by atoms with Gasteiger partial charge in [0, 0.05) is 81.3 Å². The van der Waals surface area contributed by atoms with E-state index in [1.807, 2.05) is 51.6 Å². The first-order chi connectivity index (χ1) is 34.5. The number of aromatic nitrogens is 1. The number of aliphatic hydroxyl groups is 1. The fourth-order valence-corrected chi connectivity index (χ4v) is 11.8. The van der Waals surface area contributed by atoms with Crippen LogP contribution in [0.1, 0.15) is 110 Å². The molecule has 1 aromatic carbocycles. The fourth-order valence-electron chi connectivity index (χ4n) is 11.8. The molecule has 2 N–H and O–H groups in total. The van der Waals surface area contributed by atoms with Crippen LogP contribution in [0.3, 0.4) is 0 Å². The predicted octanol–water partition coefficient (Wildman–Crippen LogP) is 5.38. The number of aliphatic hydroxyl groups excluding tert-OH is 1. The summed E-state index contributed by atoms with van der Waals surface area (Å²) < 4.78 is 61.7. The Morgan fingerprint density at radius 2 is 1.67 bits per heavy atom. The first-order valence-corrected chi connectivity index (χ1v) is 25.7. The topological polar surface area (TPSA) is 227 Å². The lowest BCUT2D eigenvalue weighted by Gasteiger charge is -2.48. The summed E-state index contributed by atoms with van der Waals surface area (Å²) in [7, 11) is 6.69. The highest BCUT2D eigenvalue weighted by Crippen LogP contribution is 2.44. The molecule has 1 aromatic heterocycles. The Morgan fingerprint density at radius 3 is 2.27 bits per heavy atom. The normalized spacial score (nSPS) is 35.5. The van der Waals surface area contributed by atoms with E-state index in [1.54, 1.807) is 38.3 Å². The Morgan fingerprint density at radius 1 is 0.986 bits per heavy atom. The number of benzene rings is 1. The maximum Gasteiger partial charge on any atom is 0.509 e. The lowest BCUT2D eigenvalue weighted by molar-refractivity contribution is -0.301. The highest BCUT2D eigenvalue weighted by molar-refractivity contribution is 5.94. The number of carboxylic acids is 1. The van der Waals surface area contributed by atoms with Crippen LogP contribution < -0.4 is 10.3 Å². The van der Waals surface area contributed by atoms with E-state index in [0.717, 1.165) is 18.9 Å². The van der Waals surface area contributed by atoms with Crippen LogP contribution in [0.25, 0.3) is 10.9 Å². The fraction of sp³-hybridized carbons (Fsp3) is 0.731. The second kappa shape index (κ2) is 22.5. The summed E-state index contributed by atoms with van der Waals surface area (Å²) >= 11 is 0. The van der Waals surface area contributed by atoms with Crippen molar-refractivity contribution < 1.29 is 71.8 Å². The number of carbonyl (C=O) groups excluding carboxylic acids is 3. The zero-order valence-electron chi connectivity index (χ0n) is 44.3. The van der Waals surface area contributed by atoms with Crippen molar-refractivity contribution in [2.75, 3.05) is 65.9 Å². The van der Waals surface area contributed by atoms with Crippen LogP contribution >= 0.6 is 0 Å². The molecule has 4 saturated heterocycles. The molecule has 0 radical (unpaired) electrons. The van der Waals surface area contributed by atoms with E-state index in [4.69, 9.17) is 38.0 Å². The van der Waals surface area contributed by atoms with Gasteiger partial charge in [0.25, 0.3) is 0 Å². The number of methoxy groups -OCH3 is 1. The number of rotatable bonds is 13. The van der Waals surface area contributed by atoms with Crippen LogP contribution in [-0.4, -0.2) is 176 Å². The largest absolute Gasteiger partial charge is 0.509 e. The summed E-state index contributed by atoms with van der Waals surface area (Å²) in [5.41, 5.74) is -2.57. The summed E-state index contributed by atoms with van der Waals surface area (Å²) in [6.45, 7) is 16.4. The SMILES string of the molecule is CC[C@H]1OC(=O)[C@H](C)[C@@H](OC(=O)CCN2CCN(c3cc4c(cc3F)c(=O)c(C(=O)O)cn4C3CC3)CC2)[C@H](C)[C@@H](O[C@@H]2O[C@H](C)C[C@H](N(C)C)[C@H]2O)[C@](C)(OC)C[C@@H](C)/C(=N\OC)[C@H](C)[C@H]2OC(=O)O[C@@]21C. The van der Waals surface area contributed by atoms with Gasteiger partial charge in [-0.2, -0.15) is 0 Å². The standard InChI is InChI=1S/C52H76FN5O15/c1-13-39-52(8)46(72-50(65)73-52)29(4)41(54-67-12)27(2)25-51(7,66-11)45(71-49-43(61)38(55(9)10)22-28(3)68-49)30(5)44(31(6)48(64)69-39)70-40(59)16-17-56-18-20-57(21-19-56)37-24-36-33(23-35(37)53)42(60)34(47(62)63)26-58(36)32-14-15-32/h23-24,26-32,38-39,43-46,49,61H,13-22,25H2,1-12H3,(H,62,63)/b54-41+/t27-,28-,29+,30+,31-,38+,39-,43-,44+,45-,46-,49+,51-,52-/m1/s1. The number of carboxylic acid groups (broad SMARTS) is 1. The molecule has 73 heavy (non-hydrogen) atoms. The Bertz CT molecular complexity index is 2440. The smallest absolute Gasteiger partial charge is 0.477 e. The summed E-state index contributed by atoms with van der Waals surface area (Å²) in [4.78, 5) is 78.2. The van der Waals surface area contributed by atoms with Gasteiger partial charge < -0.3 is 62.6 Å². The first-order valence-electron chi connectivity index (χ1n) is 25.7. The quantitative estimate of drug-likeness (QED) is 0.146. The van der Waals surface area contributed by atoms with Gasteiger partial charge in [-0.1, -0.05) is 32.9 Å². The summed E-state index contributed by atoms with van der Waals surface area (Å²) in [6, 6.07) is 2.45. The lowest BCUT2D eigenvalue weighted by Crippen LogP contribution is -2.60. The van der Waals surface area contributed by atoms with E-state index in [-0.39, 0.29) is 49.4 Å². The first kappa shape index (κ1) is 55.8. The maximum absolute atomic E-state index is 15.8. The van der Waals surface area contributed by atoms with E-state index in [1.165, 1.54) is 20.4 Å². The predicted molar refractivity (Wildman–Crippen MR) is 265 cm³/mol. The number of nitrogens with zero attached hydrogens (tertiary/aromatic N) is 5. The minimum absolute atomic E-state index is 0.0173. The Kier molecular flexibility index (Phi) is 17.2. The van der Waals surface area contributed by atoms with Crippen LogP contribution in [0.2, 0.25) is 0 Å². The molecule has 20 nitrogen and oxygen atoms in total. The molecule has 0 spiro atoms. The monoisotopic (exact) mass is 1030 g/mol. The molecule has 5 heterocycles. The Labute approximate surface area is 426 Å². The number of cyclic esters (lactones) is 1. The number of likely N-dealkylation sites (N-methyl/N-ethyl adjacent to an activating group) is 1. The summed E-state index contributed by atoms with van der Waals surface area (Å²) in [5, 5.41) is 26.0. The molecule has 5 fully saturated rings. The third-order valence-electron chi connectivity index (χ3n) is 16.1. The van der Waals surface area contributed by atoms with E-state index in [0.29, 0.717) is 49.5 Å². The maximum atomic E-state index is 15.8. The van der Waals surface area contributed by atoms with Crippen molar-refractivity contribution in [3.05, 3.63) is 39.9 Å². The van der Waals surface area contributed by atoms with E-state index in [2.05, 4.69) is 10.1 Å². The van der Waals surface area contributed by atoms with Crippen LogP contribution in [0.15, 0.2) is 28.3 Å². The number of aromatic carboxylic acids is 1. The van der Waals surface area contributed by atoms with Crippen LogP contribution in [-0.2, 0) is 47.6 Å². The lowest BCUT2D eigenvalue weighted by atomic mass is 9.73. The number of hydrogen-bond donors (Lipinski definition) is 2. The Balaban J connectivity index is 1.16. The number of fused-ring (bicyclic) bond motifs is 2. The molecular weight excluding hydrogens is 954 g/mol. The third-order valence-corrected chi connectivity index (χ3v) is 16.1. The molecule has 1 saturated carbocycles. The number of pyridine rings is 1. The summed E-state index contributed by atoms with van der Waals surface area (Å²) in [5.74, 6) is -6.34. The van der Waals surface area contributed by atoms with E-state index >= 15 is 4.39 Å². The minimum atomic E-state index is -1.46.